The maximum atomic E-state index is 12.3. The average molecular weight is 289 g/mol. The number of halogens is 3. The van der Waals surface area contributed by atoms with Crippen molar-refractivity contribution in [2.75, 3.05) is 0 Å². The molecule has 20 heavy (non-hydrogen) atoms. The summed E-state index contributed by atoms with van der Waals surface area (Å²) in [5, 5.41) is 0. The zero-order chi connectivity index (χ0) is 14.6. The molecule has 1 nitrogen and oxygen atoms in total. The molecular weight excluding hydrogens is 263 g/mol. The SMILES string of the molecule is CC12CC3CC(C1)CC(C(N)CCCC(F)(F)F)(C3)C2. The second kappa shape index (κ2) is 4.62. The van der Waals surface area contributed by atoms with Gasteiger partial charge in [0.05, 0.1) is 0 Å². The molecule has 0 heterocycles. The van der Waals surface area contributed by atoms with Crippen LogP contribution in [0.4, 0.5) is 13.2 Å². The molecule has 0 radical (unpaired) electrons. The maximum absolute atomic E-state index is 12.3. The quantitative estimate of drug-likeness (QED) is 0.800. The predicted molar refractivity (Wildman–Crippen MR) is 73.1 cm³/mol. The van der Waals surface area contributed by atoms with Crippen LogP contribution < -0.4 is 5.73 Å². The molecule has 4 rings (SSSR count). The van der Waals surface area contributed by atoms with Crippen LogP contribution in [0.15, 0.2) is 0 Å². The summed E-state index contributed by atoms with van der Waals surface area (Å²) in [6.07, 6.45) is 3.49. The first-order chi connectivity index (χ1) is 9.20. The molecule has 116 valence electrons. The highest BCUT2D eigenvalue weighted by atomic mass is 19.4. The van der Waals surface area contributed by atoms with E-state index in [-0.39, 0.29) is 17.9 Å². The summed E-state index contributed by atoms with van der Waals surface area (Å²) in [4.78, 5) is 0. The van der Waals surface area contributed by atoms with Crippen molar-refractivity contribution < 1.29 is 13.2 Å². The van der Waals surface area contributed by atoms with Gasteiger partial charge in [-0.1, -0.05) is 6.92 Å². The first kappa shape index (κ1) is 14.7. The van der Waals surface area contributed by atoms with Gasteiger partial charge < -0.3 is 5.73 Å². The molecule has 0 spiro atoms. The van der Waals surface area contributed by atoms with Crippen molar-refractivity contribution in [2.24, 2.45) is 28.4 Å². The van der Waals surface area contributed by atoms with Crippen molar-refractivity contribution in [3.8, 4) is 0 Å². The summed E-state index contributed by atoms with van der Waals surface area (Å²) in [6, 6.07) is -0.0323. The van der Waals surface area contributed by atoms with Crippen LogP contribution in [-0.2, 0) is 0 Å². The molecule has 0 saturated heterocycles. The number of nitrogens with two attached hydrogens (primary N) is 1. The summed E-state index contributed by atoms with van der Waals surface area (Å²) in [7, 11) is 0. The Morgan fingerprint density at radius 1 is 1.15 bits per heavy atom. The van der Waals surface area contributed by atoms with Gasteiger partial charge >= 0.3 is 6.18 Å². The third-order valence-electron chi connectivity index (χ3n) is 6.16. The van der Waals surface area contributed by atoms with E-state index >= 15 is 0 Å². The molecule has 4 fully saturated rings. The van der Waals surface area contributed by atoms with Gasteiger partial charge in [-0.05, 0) is 74.0 Å². The van der Waals surface area contributed by atoms with Crippen molar-refractivity contribution in [1.29, 1.82) is 0 Å². The largest absolute Gasteiger partial charge is 0.389 e. The second-order valence-corrected chi connectivity index (χ2v) is 8.25. The lowest BCUT2D eigenvalue weighted by atomic mass is 9.43. The summed E-state index contributed by atoms with van der Waals surface area (Å²) in [6.45, 7) is 2.38. The van der Waals surface area contributed by atoms with Crippen LogP contribution in [0.3, 0.4) is 0 Å². The Balaban J connectivity index is 1.64. The van der Waals surface area contributed by atoms with Gasteiger partial charge in [0.25, 0.3) is 0 Å². The number of alkyl halides is 3. The minimum absolute atomic E-state index is 0.0323. The van der Waals surface area contributed by atoms with Crippen molar-refractivity contribution >= 4 is 0 Å². The fraction of sp³-hybridized carbons (Fsp3) is 1.00. The van der Waals surface area contributed by atoms with Crippen LogP contribution in [0.5, 0.6) is 0 Å². The highest BCUT2D eigenvalue weighted by molar-refractivity contribution is 5.09. The van der Waals surface area contributed by atoms with Crippen LogP contribution in [0.1, 0.15) is 64.7 Å². The van der Waals surface area contributed by atoms with E-state index in [1.807, 2.05) is 0 Å². The third-order valence-corrected chi connectivity index (χ3v) is 6.16. The van der Waals surface area contributed by atoms with Gasteiger partial charge in [0.1, 0.15) is 0 Å². The molecule has 4 aliphatic carbocycles. The van der Waals surface area contributed by atoms with Gasteiger partial charge in [-0.3, -0.25) is 0 Å². The third kappa shape index (κ3) is 2.72. The van der Waals surface area contributed by atoms with E-state index in [4.69, 9.17) is 5.73 Å². The topological polar surface area (TPSA) is 26.0 Å². The lowest BCUT2D eigenvalue weighted by Crippen LogP contribution is -2.57. The molecule has 4 aliphatic rings. The Labute approximate surface area is 119 Å². The molecule has 3 unspecified atom stereocenters. The zero-order valence-electron chi connectivity index (χ0n) is 12.3. The van der Waals surface area contributed by atoms with Crippen molar-refractivity contribution in [1.82, 2.24) is 0 Å². The molecule has 4 heteroatoms. The molecule has 4 saturated carbocycles. The fourth-order valence-electron chi connectivity index (χ4n) is 6.06. The van der Waals surface area contributed by atoms with Gasteiger partial charge in [0.2, 0.25) is 0 Å². The molecular formula is C16H26F3N. The van der Waals surface area contributed by atoms with Gasteiger partial charge in [0.15, 0.2) is 0 Å². The zero-order valence-corrected chi connectivity index (χ0v) is 12.3. The molecule has 3 atom stereocenters. The molecule has 0 aromatic carbocycles. The minimum atomic E-state index is -4.03. The molecule has 0 aromatic heterocycles. The molecule has 0 amide bonds. The average Bonchev–Trinajstić information content (AvgIpc) is 2.23. The summed E-state index contributed by atoms with van der Waals surface area (Å²) in [5.41, 5.74) is 6.97. The van der Waals surface area contributed by atoms with Gasteiger partial charge in [-0.25, -0.2) is 0 Å². The van der Waals surface area contributed by atoms with Crippen LogP contribution in [0.25, 0.3) is 0 Å². The van der Waals surface area contributed by atoms with E-state index in [1.54, 1.807) is 0 Å². The minimum Gasteiger partial charge on any atom is -0.327 e. The Hall–Kier alpha value is -0.250. The van der Waals surface area contributed by atoms with Crippen LogP contribution >= 0.6 is 0 Å². The maximum Gasteiger partial charge on any atom is 0.389 e. The van der Waals surface area contributed by atoms with E-state index in [0.717, 1.165) is 18.3 Å². The highest BCUT2D eigenvalue weighted by Gasteiger charge is 2.57. The normalized spacial score (nSPS) is 44.9. The smallest absolute Gasteiger partial charge is 0.327 e. The summed E-state index contributed by atoms with van der Waals surface area (Å²) < 4.78 is 36.9. The van der Waals surface area contributed by atoms with Crippen molar-refractivity contribution in [2.45, 2.75) is 76.9 Å². The van der Waals surface area contributed by atoms with Crippen LogP contribution in [0, 0.1) is 22.7 Å². The molecule has 0 aromatic rings. The summed E-state index contributed by atoms with van der Waals surface area (Å²) in [5.74, 6) is 1.57. The monoisotopic (exact) mass is 289 g/mol. The van der Waals surface area contributed by atoms with E-state index in [9.17, 15) is 13.2 Å². The van der Waals surface area contributed by atoms with E-state index in [0.29, 0.717) is 11.8 Å². The first-order valence-electron chi connectivity index (χ1n) is 8.02. The van der Waals surface area contributed by atoms with Crippen molar-refractivity contribution in [3.05, 3.63) is 0 Å². The van der Waals surface area contributed by atoms with E-state index in [2.05, 4.69) is 6.92 Å². The molecule has 2 N–H and O–H groups in total. The van der Waals surface area contributed by atoms with Crippen LogP contribution in [0.2, 0.25) is 0 Å². The summed E-state index contributed by atoms with van der Waals surface area (Å²) >= 11 is 0. The standard InChI is InChI=1S/C16H26F3N/c1-14-6-11-5-12(7-14)9-15(8-11,10-14)13(20)3-2-4-16(17,18)19/h11-13H,2-10,20H2,1H3. The second-order valence-electron chi connectivity index (χ2n) is 8.25. The Morgan fingerprint density at radius 2 is 1.75 bits per heavy atom. The fourth-order valence-corrected chi connectivity index (χ4v) is 6.06. The lowest BCUT2D eigenvalue weighted by Gasteiger charge is -2.63. The van der Waals surface area contributed by atoms with E-state index in [1.165, 1.54) is 32.1 Å². The van der Waals surface area contributed by atoms with Gasteiger partial charge in [-0.2, -0.15) is 13.2 Å². The molecule has 4 bridgehead atoms. The van der Waals surface area contributed by atoms with Gasteiger partial charge in [-0.15, -0.1) is 0 Å². The van der Waals surface area contributed by atoms with E-state index < -0.39 is 12.6 Å². The number of hydrogen-bond acceptors (Lipinski definition) is 1. The molecule has 0 aliphatic heterocycles. The van der Waals surface area contributed by atoms with Gasteiger partial charge in [0, 0.05) is 12.5 Å². The Kier molecular flexibility index (Phi) is 3.39. The Morgan fingerprint density at radius 3 is 2.25 bits per heavy atom. The number of rotatable bonds is 4. The van der Waals surface area contributed by atoms with Crippen LogP contribution in [-0.4, -0.2) is 12.2 Å². The lowest BCUT2D eigenvalue weighted by molar-refractivity contribution is -0.139. The highest BCUT2D eigenvalue weighted by Crippen LogP contribution is 2.66. The predicted octanol–water partition coefficient (Wildman–Crippen LogP) is 4.65. The van der Waals surface area contributed by atoms with Crippen molar-refractivity contribution in [3.63, 3.8) is 0 Å². The first-order valence-corrected chi connectivity index (χ1v) is 8.02. The Bertz CT molecular complexity index is 362. The number of hydrogen-bond donors (Lipinski definition) is 1.